The van der Waals surface area contributed by atoms with E-state index in [0.717, 1.165) is 33.9 Å². The van der Waals surface area contributed by atoms with Crippen LogP contribution in [0.4, 0.5) is 0 Å². The molecule has 0 atom stereocenters. The van der Waals surface area contributed by atoms with Gasteiger partial charge in [-0.3, -0.25) is 4.57 Å². The molecule has 0 unspecified atom stereocenters. The first-order valence-electron chi connectivity index (χ1n) is 6.84. The van der Waals surface area contributed by atoms with E-state index in [1.54, 1.807) is 0 Å². The normalized spacial score (nSPS) is 11.0. The Morgan fingerprint density at radius 1 is 1.05 bits per heavy atom. The molecule has 5 heteroatoms. The highest BCUT2D eigenvalue weighted by molar-refractivity contribution is 9.08. The highest BCUT2D eigenvalue weighted by Crippen LogP contribution is 2.26. The first-order chi connectivity index (χ1) is 10.1. The lowest BCUT2D eigenvalue weighted by Crippen LogP contribution is -2.07. The van der Waals surface area contributed by atoms with Gasteiger partial charge < -0.3 is 0 Å². The summed E-state index contributed by atoms with van der Waals surface area (Å²) in [6.07, 6.45) is 1.87. The quantitative estimate of drug-likeness (QED) is 0.676. The third-order valence-electron chi connectivity index (χ3n) is 3.77. The summed E-state index contributed by atoms with van der Waals surface area (Å²) < 4.78 is 4.10. The summed E-state index contributed by atoms with van der Waals surface area (Å²) in [5.74, 6) is 1.05. The number of aromatic nitrogens is 4. The summed E-state index contributed by atoms with van der Waals surface area (Å²) in [4.78, 5) is 4.42. The second-order valence-corrected chi connectivity index (χ2v) is 5.61. The molecule has 0 aliphatic carbocycles. The van der Waals surface area contributed by atoms with Crippen molar-refractivity contribution in [3.05, 3.63) is 59.3 Å². The molecule has 2 aromatic heterocycles. The second-order valence-electron chi connectivity index (χ2n) is 5.05. The zero-order valence-corrected chi connectivity index (χ0v) is 13.9. The van der Waals surface area contributed by atoms with Gasteiger partial charge in [0.05, 0.1) is 17.1 Å². The van der Waals surface area contributed by atoms with Crippen LogP contribution in [0.2, 0.25) is 0 Å². The largest absolute Gasteiger partial charge is 0.287 e. The number of halogens is 1. The van der Waals surface area contributed by atoms with Gasteiger partial charge in [-0.25, -0.2) is 9.67 Å². The second kappa shape index (κ2) is 5.48. The third-order valence-corrected chi connectivity index (χ3v) is 4.33. The predicted molar refractivity (Wildman–Crippen MR) is 87.5 cm³/mol. The van der Waals surface area contributed by atoms with Gasteiger partial charge in [0, 0.05) is 16.6 Å². The summed E-state index contributed by atoms with van der Waals surface area (Å²) >= 11 is 3.59. The van der Waals surface area contributed by atoms with Gasteiger partial charge in [-0.2, -0.15) is 5.10 Å². The summed E-state index contributed by atoms with van der Waals surface area (Å²) in [7, 11) is 0. The molecule has 108 valence electrons. The van der Waals surface area contributed by atoms with E-state index in [4.69, 9.17) is 5.10 Å². The number of aryl methyl sites for hydroxylation is 2. The molecule has 0 fully saturated rings. The van der Waals surface area contributed by atoms with Gasteiger partial charge in [0.2, 0.25) is 0 Å². The van der Waals surface area contributed by atoms with E-state index in [9.17, 15) is 0 Å². The zero-order valence-electron chi connectivity index (χ0n) is 12.3. The zero-order chi connectivity index (χ0) is 15.0. The van der Waals surface area contributed by atoms with Crippen molar-refractivity contribution in [3.63, 3.8) is 0 Å². The van der Waals surface area contributed by atoms with E-state index in [0.29, 0.717) is 0 Å². The Hall–Kier alpha value is -1.88. The number of imidazole rings is 1. The molecule has 0 saturated heterocycles. The molecule has 0 N–H and O–H groups in total. The van der Waals surface area contributed by atoms with Crippen LogP contribution in [0.5, 0.6) is 0 Å². The number of nitrogens with zero attached hydrogens (tertiary/aromatic N) is 4. The summed E-state index contributed by atoms with van der Waals surface area (Å²) in [6.45, 7) is 6.15. The van der Waals surface area contributed by atoms with Crippen LogP contribution in [0.15, 0.2) is 36.7 Å². The average Bonchev–Trinajstić information content (AvgIpc) is 3.00. The summed E-state index contributed by atoms with van der Waals surface area (Å²) in [5.41, 5.74) is 5.42. The predicted octanol–water partition coefficient (Wildman–Crippen LogP) is 3.88. The molecule has 4 nitrogen and oxygen atoms in total. The van der Waals surface area contributed by atoms with Crippen molar-refractivity contribution in [2.24, 2.45) is 0 Å². The minimum Gasteiger partial charge on any atom is -0.287 e. The summed E-state index contributed by atoms with van der Waals surface area (Å²) in [5, 5.41) is 5.48. The fraction of sp³-hybridized carbons (Fsp3) is 0.250. The monoisotopic (exact) mass is 344 g/mol. The fourth-order valence-electron chi connectivity index (χ4n) is 2.41. The molecule has 3 rings (SSSR count). The molecular formula is C16H17BrN4. The lowest BCUT2D eigenvalue weighted by molar-refractivity contribution is 0.800. The van der Waals surface area contributed by atoms with Crippen molar-refractivity contribution in [2.45, 2.75) is 26.1 Å². The van der Waals surface area contributed by atoms with Crippen molar-refractivity contribution in [3.8, 4) is 11.5 Å². The van der Waals surface area contributed by atoms with Crippen LogP contribution in [-0.2, 0) is 5.33 Å². The van der Waals surface area contributed by atoms with Crippen LogP contribution in [-0.4, -0.2) is 19.3 Å². The Kier molecular flexibility index (Phi) is 3.68. The van der Waals surface area contributed by atoms with E-state index >= 15 is 0 Å². The number of hydrogen-bond donors (Lipinski definition) is 0. The van der Waals surface area contributed by atoms with Gasteiger partial charge in [0.15, 0.2) is 0 Å². The maximum Gasteiger partial charge on any atom is 0.146 e. The third kappa shape index (κ3) is 2.31. The van der Waals surface area contributed by atoms with Crippen LogP contribution in [0.25, 0.3) is 11.5 Å². The van der Waals surface area contributed by atoms with Crippen LogP contribution >= 0.6 is 15.9 Å². The number of hydrogen-bond acceptors (Lipinski definition) is 2. The fourth-order valence-corrected chi connectivity index (χ4v) is 3.07. The van der Waals surface area contributed by atoms with E-state index in [1.807, 2.05) is 43.1 Å². The Morgan fingerprint density at radius 2 is 1.76 bits per heavy atom. The van der Waals surface area contributed by atoms with Gasteiger partial charge in [-0.15, -0.1) is 0 Å². The van der Waals surface area contributed by atoms with E-state index < -0.39 is 0 Å². The minimum atomic E-state index is 0.762. The van der Waals surface area contributed by atoms with Crippen LogP contribution in [0, 0.1) is 20.8 Å². The van der Waals surface area contributed by atoms with Crippen LogP contribution in [0.3, 0.4) is 0 Å². The lowest BCUT2D eigenvalue weighted by atomic mass is 10.2. The summed E-state index contributed by atoms with van der Waals surface area (Å²) in [6, 6.07) is 10.2. The van der Waals surface area contributed by atoms with Gasteiger partial charge in [0.1, 0.15) is 12.1 Å². The Morgan fingerprint density at radius 3 is 2.33 bits per heavy atom. The van der Waals surface area contributed by atoms with Gasteiger partial charge in [-0.1, -0.05) is 34.1 Å². The molecule has 0 saturated carbocycles. The Bertz CT molecular complexity index is 771. The first-order valence-corrected chi connectivity index (χ1v) is 7.96. The smallest absolute Gasteiger partial charge is 0.146 e. The van der Waals surface area contributed by atoms with Crippen molar-refractivity contribution in [1.82, 2.24) is 19.3 Å². The Balaban J connectivity index is 2.30. The highest BCUT2D eigenvalue weighted by Gasteiger charge is 2.19. The van der Waals surface area contributed by atoms with Crippen molar-refractivity contribution in [1.29, 1.82) is 0 Å². The SMILES string of the molecule is Cc1nn(-c2ccccc2)c(-n2cnc(C)c2C)c1CBr. The molecule has 2 heterocycles. The number of para-hydroxylation sites is 1. The lowest BCUT2D eigenvalue weighted by Gasteiger charge is -2.11. The molecule has 1 aromatic carbocycles. The van der Waals surface area contributed by atoms with E-state index in [-0.39, 0.29) is 0 Å². The maximum absolute atomic E-state index is 4.72. The molecule has 0 bridgehead atoms. The number of benzene rings is 1. The standard InChI is InChI=1S/C16H17BrN4/c1-11-13(3)20(10-18-11)16-15(9-17)12(2)19-21(16)14-7-5-4-6-8-14/h4-8,10H,9H2,1-3H3. The molecule has 21 heavy (non-hydrogen) atoms. The van der Waals surface area contributed by atoms with Gasteiger partial charge in [-0.05, 0) is 32.9 Å². The molecule has 0 radical (unpaired) electrons. The number of rotatable bonds is 3. The van der Waals surface area contributed by atoms with Gasteiger partial charge >= 0.3 is 0 Å². The maximum atomic E-state index is 4.72. The minimum absolute atomic E-state index is 0.762. The first kappa shape index (κ1) is 14.1. The van der Waals surface area contributed by atoms with Crippen molar-refractivity contribution >= 4 is 15.9 Å². The van der Waals surface area contributed by atoms with Crippen molar-refractivity contribution < 1.29 is 0 Å². The van der Waals surface area contributed by atoms with Gasteiger partial charge in [0.25, 0.3) is 0 Å². The number of alkyl halides is 1. The van der Waals surface area contributed by atoms with Crippen LogP contribution in [0.1, 0.15) is 22.6 Å². The van der Waals surface area contributed by atoms with Crippen LogP contribution < -0.4 is 0 Å². The van der Waals surface area contributed by atoms with E-state index in [1.165, 1.54) is 5.56 Å². The molecular weight excluding hydrogens is 328 g/mol. The van der Waals surface area contributed by atoms with Crippen molar-refractivity contribution in [2.75, 3.05) is 0 Å². The highest BCUT2D eigenvalue weighted by atomic mass is 79.9. The van der Waals surface area contributed by atoms with E-state index in [2.05, 4.69) is 44.5 Å². The molecule has 0 amide bonds. The average molecular weight is 345 g/mol. The molecule has 0 spiro atoms. The Labute approximate surface area is 132 Å². The molecule has 0 aliphatic heterocycles. The molecule has 3 aromatic rings. The topological polar surface area (TPSA) is 35.6 Å². The molecule has 0 aliphatic rings.